The van der Waals surface area contributed by atoms with Crippen LogP contribution in [0, 0.1) is 0 Å². The quantitative estimate of drug-likeness (QED) is 0.866. The van der Waals surface area contributed by atoms with Crippen LogP contribution < -0.4 is 5.73 Å². The fourth-order valence-corrected chi connectivity index (χ4v) is 2.85. The maximum absolute atomic E-state index is 5.98. The van der Waals surface area contributed by atoms with Crippen molar-refractivity contribution in [1.29, 1.82) is 0 Å². The largest absolute Gasteiger partial charge is 0.380 e. The third kappa shape index (κ3) is 2.01. The number of benzene rings is 1. The molecular weight excluding hydrogens is 224 g/mol. The van der Waals surface area contributed by atoms with Gasteiger partial charge >= 0.3 is 0 Å². The van der Waals surface area contributed by atoms with Crippen LogP contribution in [0.1, 0.15) is 43.8 Å². The van der Waals surface area contributed by atoms with Crippen molar-refractivity contribution in [1.82, 2.24) is 5.16 Å². The van der Waals surface area contributed by atoms with Gasteiger partial charge in [-0.05, 0) is 18.4 Å². The maximum atomic E-state index is 5.98. The summed E-state index contributed by atoms with van der Waals surface area (Å²) < 4.78 is 5.51. The Morgan fingerprint density at radius 1 is 1.06 bits per heavy atom. The van der Waals surface area contributed by atoms with Crippen molar-refractivity contribution >= 4 is 5.82 Å². The number of anilines is 1. The van der Waals surface area contributed by atoms with Crippen LogP contribution in [0.2, 0.25) is 0 Å². The van der Waals surface area contributed by atoms with Gasteiger partial charge in [-0.2, -0.15) is 0 Å². The molecule has 0 saturated heterocycles. The number of rotatable bonds is 2. The average Bonchev–Trinajstić information content (AvgIpc) is 2.83. The molecule has 2 aromatic rings. The van der Waals surface area contributed by atoms with Gasteiger partial charge in [-0.3, -0.25) is 0 Å². The first kappa shape index (κ1) is 11.3. The van der Waals surface area contributed by atoms with Gasteiger partial charge in [-0.15, -0.1) is 0 Å². The minimum Gasteiger partial charge on any atom is -0.380 e. The van der Waals surface area contributed by atoms with E-state index in [-0.39, 0.29) is 0 Å². The first-order valence-corrected chi connectivity index (χ1v) is 6.66. The van der Waals surface area contributed by atoms with E-state index in [0.717, 1.165) is 16.9 Å². The van der Waals surface area contributed by atoms with Crippen molar-refractivity contribution < 1.29 is 4.52 Å². The van der Waals surface area contributed by atoms with Crippen LogP contribution in [0.3, 0.4) is 0 Å². The lowest BCUT2D eigenvalue weighted by Gasteiger charge is -2.19. The molecule has 1 aromatic heterocycles. The predicted octanol–water partition coefficient (Wildman–Crippen LogP) is 3.97. The molecule has 18 heavy (non-hydrogen) atoms. The van der Waals surface area contributed by atoms with Gasteiger partial charge in [0.1, 0.15) is 5.76 Å². The molecule has 1 heterocycles. The van der Waals surface area contributed by atoms with E-state index in [4.69, 9.17) is 10.3 Å². The maximum Gasteiger partial charge on any atom is 0.175 e. The number of nitrogens with two attached hydrogens (primary N) is 1. The van der Waals surface area contributed by atoms with Crippen molar-refractivity contribution in [3.63, 3.8) is 0 Å². The van der Waals surface area contributed by atoms with Crippen LogP contribution in [-0.2, 0) is 0 Å². The van der Waals surface area contributed by atoms with Gasteiger partial charge in [0, 0.05) is 5.92 Å². The molecule has 1 fully saturated rings. The molecule has 0 amide bonds. The first-order chi connectivity index (χ1) is 8.86. The number of hydrogen-bond donors (Lipinski definition) is 1. The van der Waals surface area contributed by atoms with Crippen molar-refractivity contribution in [2.24, 2.45) is 0 Å². The van der Waals surface area contributed by atoms with Gasteiger partial charge in [-0.25, -0.2) is 0 Å². The summed E-state index contributed by atoms with van der Waals surface area (Å²) in [5.74, 6) is 1.99. The molecule has 0 radical (unpaired) electrons. The monoisotopic (exact) mass is 242 g/mol. The van der Waals surface area contributed by atoms with Gasteiger partial charge < -0.3 is 10.3 Å². The lowest BCUT2D eigenvalue weighted by molar-refractivity contribution is 0.323. The molecule has 0 aliphatic heterocycles. The van der Waals surface area contributed by atoms with Crippen LogP contribution in [0.5, 0.6) is 0 Å². The molecule has 3 heteroatoms. The molecule has 3 nitrogen and oxygen atoms in total. The van der Waals surface area contributed by atoms with Gasteiger partial charge in [0.25, 0.3) is 0 Å². The van der Waals surface area contributed by atoms with Crippen LogP contribution in [0.25, 0.3) is 11.1 Å². The predicted molar refractivity (Wildman–Crippen MR) is 72.2 cm³/mol. The van der Waals surface area contributed by atoms with Crippen LogP contribution >= 0.6 is 0 Å². The highest BCUT2D eigenvalue weighted by Crippen LogP contribution is 2.40. The van der Waals surface area contributed by atoms with Crippen molar-refractivity contribution in [3.8, 4) is 11.1 Å². The highest BCUT2D eigenvalue weighted by atomic mass is 16.5. The van der Waals surface area contributed by atoms with Crippen molar-refractivity contribution in [2.75, 3.05) is 5.73 Å². The van der Waals surface area contributed by atoms with Crippen LogP contribution in [0.4, 0.5) is 5.82 Å². The molecule has 1 saturated carbocycles. The van der Waals surface area contributed by atoms with Crippen molar-refractivity contribution in [2.45, 2.75) is 38.0 Å². The van der Waals surface area contributed by atoms with E-state index in [1.807, 2.05) is 18.2 Å². The van der Waals surface area contributed by atoms with Gasteiger partial charge in [0.2, 0.25) is 0 Å². The average molecular weight is 242 g/mol. The van der Waals surface area contributed by atoms with E-state index in [2.05, 4.69) is 17.3 Å². The molecule has 1 aliphatic carbocycles. The van der Waals surface area contributed by atoms with E-state index < -0.39 is 0 Å². The summed E-state index contributed by atoms with van der Waals surface area (Å²) in [7, 11) is 0. The number of nitrogen functional groups attached to an aromatic ring is 1. The highest BCUT2D eigenvalue weighted by Gasteiger charge is 2.25. The summed E-state index contributed by atoms with van der Waals surface area (Å²) in [6.07, 6.45) is 6.27. The zero-order chi connectivity index (χ0) is 12.4. The van der Waals surface area contributed by atoms with Gasteiger partial charge in [-0.1, -0.05) is 54.8 Å². The molecule has 0 spiro atoms. The summed E-state index contributed by atoms with van der Waals surface area (Å²) in [5.41, 5.74) is 8.09. The summed E-state index contributed by atoms with van der Waals surface area (Å²) in [4.78, 5) is 0. The molecule has 94 valence electrons. The van der Waals surface area contributed by atoms with E-state index in [1.54, 1.807) is 0 Å². The summed E-state index contributed by atoms with van der Waals surface area (Å²) in [5, 5.41) is 3.97. The van der Waals surface area contributed by atoms with E-state index in [1.165, 1.54) is 32.1 Å². The molecule has 0 unspecified atom stereocenters. The number of hydrogen-bond acceptors (Lipinski definition) is 3. The fourth-order valence-electron chi connectivity index (χ4n) is 2.85. The normalized spacial score (nSPS) is 16.9. The Morgan fingerprint density at radius 2 is 1.78 bits per heavy atom. The van der Waals surface area contributed by atoms with Gasteiger partial charge in [0.15, 0.2) is 5.82 Å². The zero-order valence-corrected chi connectivity index (χ0v) is 10.4. The minimum atomic E-state index is 0.485. The Kier molecular flexibility index (Phi) is 3.05. The molecular formula is C15H18N2O. The third-order valence-electron chi connectivity index (χ3n) is 3.78. The van der Waals surface area contributed by atoms with Gasteiger partial charge in [0.05, 0.1) is 5.56 Å². The zero-order valence-electron chi connectivity index (χ0n) is 10.4. The number of nitrogens with zero attached hydrogens (tertiary/aromatic N) is 1. The fraction of sp³-hybridized carbons (Fsp3) is 0.400. The lowest BCUT2D eigenvalue weighted by atomic mass is 9.85. The second kappa shape index (κ2) is 4.84. The summed E-state index contributed by atoms with van der Waals surface area (Å²) in [6, 6.07) is 10.2. The Hall–Kier alpha value is -1.77. The Morgan fingerprint density at radius 3 is 2.50 bits per heavy atom. The Balaban J connectivity index is 2.01. The Labute approximate surface area is 107 Å². The molecule has 2 N–H and O–H groups in total. The lowest BCUT2D eigenvalue weighted by Crippen LogP contribution is -2.04. The molecule has 0 bridgehead atoms. The molecule has 1 aromatic carbocycles. The highest BCUT2D eigenvalue weighted by molar-refractivity contribution is 5.75. The topological polar surface area (TPSA) is 52.0 Å². The second-order valence-corrected chi connectivity index (χ2v) is 5.01. The summed E-state index contributed by atoms with van der Waals surface area (Å²) in [6.45, 7) is 0. The minimum absolute atomic E-state index is 0.485. The van der Waals surface area contributed by atoms with Crippen LogP contribution in [-0.4, -0.2) is 5.16 Å². The SMILES string of the molecule is Nc1noc(C2CCCCC2)c1-c1ccccc1. The molecule has 0 atom stereocenters. The Bertz CT molecular complexity index is 513. The summed E-state index contributed by atoms with van der Waals surface area (Å²) >= 11 is 0. The first-order valence-electron chi connectivity index (χ1n) is 6.66. The molecule has 3 rings (SSSR count). The van der Waals surface area contributed by atoms with E-state index in [0.29, 0.717) is 11.7 Å². The second-order valence-electron chi connectivity index (χ2n) is 5.01. The standard InChI is InChI=1S/C15H18N2O/c16-15-13(11-7-3-1-4-8-11)14(18-17-15)12-9-5-2-6-10-12/h1,3-4,7-8,12H,2,5-6,9-10H2,(H2,16,17). The smallest absolute Gasteiger partial charge is 0.175 e. The third-order valence-corrected chi connectivity index (χ3v) is 3.78. The van der Waals surface area contributed by atoms with E-state index in [9.17, 15) is 0 Å². The number of aromatic nitrogens is 1. The van der Waals surface area contributed by atoms with Crippen LogP contribution in [0.15, 0.2) is 34.9 Å². The van der Waals surface area contributed by atoms with E-state index >= 15 is 0 Å². The molecule has 1 aliphatic rings. The van der Waals surface area contributed by atoms with Crippen molar-refractivity contribution in [3.05, 3.63) is 36.1 Å².